The molecule has 0 aliphatic heterocycles. The lowest BCUT2D eigenvalue weighted by Crippen LogP contribution is -2.39. The predicted molar refractivity (Wildman–Crippen MR) is 91.1 cm³/mol. The van der Waals surface area contributed by atoms with Gasteiger partial charge in [-0.25, -0.2) is 4.39 Å². The summed E-state index contributed by atoms with van der Waals surface area (Å²) in [5, 5.41) is 0.432. The van der Waals surface area contributed by atoms with Gasteiger partial charge in [0.2, 0.25) is 0 Å². The van der Waals surface area contributed by atoms with Crippen LogP contribution >= 0.6 is 39.3 Å². The van der Waals surface area contributed by atoms with Crippen LogP contribution in [0.15, 0.2) is 51.8 Å². The molecule has 0 saturated heterocycles. The van der Waals surface area contributed by atoms with Crippen LogP contribution in [-0.4, -0.2) is 11.8 Å². The Labute approximate surface area is 141 Å². The Morgan fingerprint density at radius 2 is 2.00 bits per heavy atom. The summed E-state index contributed by atoms with van der Waals surface area (Å²) in [6.45, 7) is 0. The molecule has 0 aliphatic rings. The number of hydrazine groups is 1. The van der Waals surface area contributed by atoms with E-state index >= 15 is 0 Å². The normalized spacial score (nSPS) is 12.4. The summed E-state index contributed by atoms with van der Waals surface area (Å²) in [6, 6.07) is 12.6. The number of nitrogens with two attached hydrogens (primary N) is 1. The van der Waals surface area contributed by atoms with Gasteiger partial charge in [-0.15, -0.1) is 11.8 Å². The maximum Gasteiger partial charge on any atom is 0.127 e. The first-order chi connectivity index (χ1) is 10.1. The van der Waals surface area contributed by atoms with Crippen LogP contribution < -0.4 is 11.3 Å². The Balaban J connectivity index is 2.02. The lowest BCUT2D eigenvalue weighted by Gasteiger charge is -2.17. The maximum atomic E-state index is 13.8. The average Bonchev–Trinajstić information content (AvgIpc) is 2.48. The van der Waals surface area contributed by atoms with Crippen molar-refractivity contribution in [1.29, 1.82) is 0 Å². The van der Waals surface area contributed by atoms with Gasteiger partial charge in [0.05, 0.1) is 0 Å². The van der Waals surface area contributed by atoms with Crippen LogP contribution in [0.2, 0.25) is 5.02 Å². The molecule has 0 bridgehead atoms. The standard InChI is InChI=1S/C15H15BrClFN2S/c16-12-4-1-2-7-15(12)21-9-10(20-19)8-11-13(17)5-3-6-14(11)18/h1-7,10,20H,8-9,19H2. The monoisotopic (exact) mass is 388 g/mol. The summed E-state index contributed by atoms with van der Waals surface area (Å²) in [5.74, 6) is 6.00. The molecule has 0 aromatic heterocycles. The lowest BCUT2D eigenvalue weighted by atomic mass is 10.1. The molecule has 2 rings (SSSR count). The average molecular weight is 390 g/mol. The number of benzene rings is 2. The molecule has 2 aromatic carbocycles. The largest absolute Gasteiger partial charge is 0.271 e. The minimum absolute atomic E-state index is 0.0727. The van der Waals surface area contributed by atoms with Crippen LogP contribution in [0.3, 0.4) is 0 Å². The summed E-state index contributed by atoms with van der Waals surface area (Å²) in [6.07, 6.45) is 0.444. The van der Waals surface area contributed by atoms with Crippen molar-refractivity contribution < 1.29 is 4.39 Å². The second-order valence-corrected chi connectivity index (χ2v) is 6.83. The second-order valence-electron chi connectivity index (χ2n) is 4.51. The zero-order chi connectivity index (χ0) is 15.2. The smallest absolute Gasteiger partial charge is 0.127 e. The summed E-state index contributed by atoms with van der Waals surface area (Å²) in [4.78, 5) is 1.12. The van der Waals surface area contributed by atoms with Gasteiger partial charge in [0, 0.05) is 31.7 Å². The highest BCUT2D eigenvalue weighted by Crippen LogP contribution is 2.28. The van der Waals surface area contributed by atoms with Crippen LogP contribution in [0.5, 0.6) is 0 Å². The highest BCUT2D eigenvalue weighted by molar-refractivity contribution is 9.10. The van der Waals surface area contributed by atoms with Crippen LogP contribution in [-0.2, 0) is 6.42 Å². The zero-order valence-corrected chi connectivity index (χ0v) is 14.3. The lowest BCUT2D eigenvalue weighted by molar-refractivity contribution is 0.547. The van der Waals surface area contributed by atoms with Crippen molar-refractivity contribution in [3.8, 4) is 0 Å². The molecule has 1 unspecified atom stereocenters. The van der Waals surface area contributed by atoms with Crippen molar-refractivity contribution in [2.24, 2.45) is 5.84 Å². The minimum Gasteiger partial charge on any atom is -0.271 e. The van der Waals surface area contributed by atoms with Gasteiger partial charge in [0.1, 0.15) is 5.82 Å². The number of thioether (sulfide) groups is 1. The Hall–Kier alpha value is -0.590. The molecule has 0 saturated carbocycles. The van der Waals surface area contributed by atoms with Gasteiger partial charge in [0.15, 0.2) is 0 Å². The van der Waals surface area contributed by atoms with Crippen molar-refractivity contribution in [2.75, 3.05) is 5.75 Å². The van der Waals surface area contributed by atoms with Crippen LogP contribution in [0.1, 0.15) is 5.56 Å². The first-order valence-corrected chi connectivity index (χ1v) is 8.54. The first-order valence-electron chi connectivity index (χ1n) is 6.38. The third-order valence-electron chi connectivity index (χ3n) is 3.02. The van der Waals surface area contributed by atoms with E-state index in [4.69, 9.17) is 17.4 Å². The van der Waals surface area contributed by atoms with Crippen molar-refractivity contribution in [3.63, 3.8) is 0 Å². The maximum absolute atomic E-state index is 13.8. The van der Waals surface area contributed by atoms with Crippen molar-refractivity contribution in [2.45, 2.75) is 17.4 Å². The molecule has 21 heavy (non-hydrogen) atoms. The Kier molecular flexibility index (Phi) is 6.51. The first kappa shape index (κ1) is 16.8. The second kappa shape index (κ2) is 8.15. The molecule has 0 radical (unpaired) electrons. The molecule has 1 atom stereocenters. The van der Waals surface area contributed by atoms with Crippen LogP contribution in [0, 0.1) is 5.82 Å². The molecule has 6 heteroatoms. The van der Waals surface area contributed by atoms with E-state index in [0.29, 0.717) is 22.8 Å². The molecular weight excluding hydrogens is 375 g/mol. The van der Waals surface area contributed by atoms with Gasteiger partial charge < -0.3 is 0 Å². The van der Waals surface area contributed by atoms with E-state index in [0.717, 1.165) is 9.37 Å². The van der Waals surface area contributed by atoms with E-state index < -0.39 is 0 Å². The topological polar surface area (TPSA) is 38.0 Å². The zero-order valence-electron chi connectivity index (χ0n) is 11.2. The van der Waals surface area contributed by atoms with Gasteiger partial charge in [0.25, 0.3) is 0 Å². The van der Waals surface area contributed by atoms with Crippen molar-refractivity contribution >= 4 is 39.3 Å². The molecule has 112 valence electrons. The summed E-state index contributed by atoms with van der Waals surface area (Å²) in [7, 11) is 0. The van der Waals surface area contributed by atoms with E-state index in [9.17, 15) is 4.39 Å². The van der Waals surface area contributed by atoms with E-state index in [-0.39, 0.29) is 11.9 Å². The number of hydrogen-bond donors (Lipinski definition) is 2. The molecule has 0 aliphatic carbocycles. The molecule has 0 heterocycles. The quantitative estimate of drug-likeness (QED) is 0.437. The fourth-order valence-electron chi connectivity index (χ4n) is 1.89. The molecule has 0 fully saturated rings. The Bertz CT molecular complexity index is 592. The Morgan fingerprint density at radius 1 is 1.24 bits per heavy atom. The molecule has 0 amide bonds. The highest BCUT2D eigenvalue weighted by atomic mass is 79.9. The molecule has 2 nitrogen and oxygen atoms in total. The minimum atomic E-state index is -0.298. The summed E-state index contributed by atoms with van der Waals surface area (Å²) >= 11 is 11.2. The van der Waals surface area contributed by atoms with Crippen LogP contribution in [0.4, 0.5) is 4.39 Å². The van der Waals surface area contributed by atoms with Crippen molar-refractivity contribution in [1.82, 2.24) is 5.43 Å². The van der Waals surface area contributed by atoms with Gasteiger partial charge in [-0.2, -0.15) is 0 Å². The van der Waals surface area contributed by atoms with E-state index in [1.165, 1.54) is 6.07 Å². The summed E-state index contributed by atoms with van der Waals surface area (Å²) < 4.78 is 14.8. The number of nitrogens with one attached hydrogen (secondary N) is 1. The highest BCUT2D eigenvalue weighted by Gasteiger charge is 2.14. The third kappa shape index (κ3) is 4.69. The Morgan fingerprint density at radius 3 is 2.67 bits per heavy atom. The van der Waals surface area contributed by atoms with E-state index in [2.05, 4.69) is 21.4 Å². The van der Waals surface area contributed by atoms with Crippen LogP contribution in [0.25, 0.3) is 0 Å². The number of rotatable bonds is 6. The SMILES string of the molecule is NNC(CSc1ccccc1Br)Cc1c(F)cccc1Cl. The van der Waals surface area contributed by atoms with E-state index in [1.54, 1.807) is 23.9 Å². The summed E-state index contributed by atoms with van der Waals surface area (Å²) in [5.41, 5.74) is 3.23. The fraction of sp³-hybridized carbons (Fsp3) is 0.200. The molecular formula is C15H15BrClFN2S. The van der Waals surface area contributed by atoms with Gasteiger partial charge in [-0.1, -0.05) is 29.8 Å². The van der Waals surface area contributed by atoms with Gasteiger partial charge >= 0.3 is 0 Å². The van der Waals surface area contributed by atoms with Crippen molar-refractivity contribution in [3.05, 3.63) is 63.3 Å². The van der Waals surface area contributed by atoms with Gasteiger partial charge in [-0.05, 0) is 46.6 Å². The van der Waals surface area contributed by atoms with Gasteiger partial charge in [-0.3, -0.25) is 11.3 Å². The predicted octanol–water partition coefficient (Wildman–Crippen LogP) is 4.41. The molecule has 3 N–H and O–H groups in total. The van der Waals surface area contributed by atoms with E-state index in [1.807, 2.05) is 24.3 Å². The number of halogens is 3. The molecule has 2 aromatic rings. The fourth-order valence-corrected chi connectivity index (χ4v) is 3.74. The molecule has 0 spiro atoms. The number of hydrogen-bond acceptors (Lipinski definition) is 3. The third-order valence-corrected chi connectivity index (χ3v) is 5.57.